The van der Waals surface area contributed by atoms with Crippen molar-refractivity contribution in [3.8, 4) is 0 Å². The van der Waals surface area contributed by atoms with Crippen LogP contribution in [0.4, 0.5) is 0 Å². The van der Waals surface area contributed by atoms with E-state index in [0.29, 0.717) is 11.6 Å². The van der Waals surface area contributed by atoms with Crippen molar-refractivity contribution in [2.75, 3.05) is 0 Å². The maximum Gasteiger partial charge on any atom is 0.326 e. The average molecular weight is 273 g/mol. The second-order valence-electron chi connectivity index (χ2n) is 4.62. The topological polar surface area (TPSA) is 37.8 Å². The Balaban J connectivity index is 2.13. The van der Waals surface area contributed by atoms with Crippen LogP contribution in [0.15, 0.2) is 47.3 Å². The van der Waals surface area contributed by atoms with Crippen molar-refractivity contribution in [3.63, 3.8) is 0 Å². The Morgan fingerprint density at radius 1 is 1.21 bits per heavy atom. The molecule has 96 valence electrons. The molecule has 19 heavy (non-hydrogen) atoms. The molecule has 0 aliphatic carbocycles. The number of halogens is 1. The van der Waals surface area contributed by atoms with Crippen molar-refractivity contribution in [1.82, 2.24) is 9.55 Å². The summed E-state index contributed by atoms with van der Waals surface area (Å²) in [5, 5.41) is 0.682. The van der Waals surface area contributed by atoms with E-state index in [1.165, 1.54) is 0 Å². The number of rotatable bonds is 2. The quantitative estimate of drug-likeness (QED) is 0.763. The highest BCUT2D eigenvalue weighted by Gasteiger charge is 2.08. The molecular weight excluding hydrogens is 260 g/mol. The van der Waals surface area contributed by atoms with Crippen LogP contribution in [0.3, 0.4) is 0 Å². The molecule has 0 radical (unpaired) electrons. The minimum atomic E-state index is -0.0933. The van der Waals surface area contributed by atoms with Gasteiger partial charge in [-0.25, -0.2) is 4.79 Å². The first-order chi connectivity index (χ1) is 9.15. The summed E-state index contributed by atoms with van der Waals surface area (Å²) in [4.78, 5) is 15.0. The molecule has 2 aromatic carbocycles. The second kappa shape index (κ2) is 4.59. The van der Waals surface area contributed by atoms with Crippen molar-refractivity contribution >= 4 is 22.6 Å². The first kappa shape index (κ1) is 12.1. The molecule has 0 fully saturated rings. The van der Waals surface area contributed by atoms with Crippen molar-refractivity contribution in [1.29, 1.82) is 0 Å². The number of para-hydroxylation sites is 1. The summed E-state index contributed by atoms with van der Waals surface area (Å²) < 4.78 is 1.73. The fraction of sp³-hybridized carbons (Fsp3) is 0.133. The van der Waals surface area contributed by atoms with Gasteiger partial charge >= 0.3 is 5.69 Å². The van der Waals surface area contributed by atoms with Crippen molar-refractivity contribution in [3.05, 3.63) is 69.1 Å². The molecular formula is C15H13ClN2O. The molecule has 0 bridgehead atoms. The second-order valence-corrected chi connectivity index (χ2v) is 5.05. The predicted octanol–water partition coefficient (Wildman–Crippen LogP) is 3.34. The lowest BCUT2D eigenvalue weighted by atomic mass is 10.2. The number of imidazole rings is 1. The van der Waals surface area contributed by atoms with Gasteiger partial charge in [0, 0.05) is 5.02 Å². The molecule has 1 heterocycles. The monoisotopic (exact) mass is 272 g/mol. The summed E-state index contributed by atoms with van der Waals surface area (Å²) in [6.07, 6.45) is 0. The van der Waals surface area contributed by atoms with E-state index in [1.807, 2.05) is 49.4 Å². The highest BCUT2D eigenvalue weighted by atomic mass is 35.5. The molecule has 1 aromatic heterocycles. The third-order valence-corrected chi connectivity index (χ3v) is 3.48. The molecule has 0 unspecified atom stereocenters. The Morgan fingerprint density at radius 2 is 2.00 bits per heavy atom. The summed E-state index contributed by atoms with van der Waals surface area (Å²) >= 11 is 5.97. The zero-order valence-corrected chi connectivity index (χ0v) is 11.2. The summed E-state index contributed by atoms with van der Waals surface area (Å²) in [5.74, 6) is 0. The van der Waals surface area contributed by atoms with Gasteiger partial charge in [0.2, 0.25) is 0 Å². The van der Waals surface area contributed by atoms with E-state index >= 15 is 0 Å². The number of nitrogens with zero attached hydrogens (tertiary/aromatic N) is 1. The molecule has 0 aliphatic heterocycles. The first-order valence-corrected chi connectivity index (χ1v) is 6.45. The van der Waals surface area contributed by atoms with Gasteiger partial charge < -0.3 is 4.98 Å². The van der Waals surface area contributed by atoms with Gasteiger partial charge in [0.25, 0.3) is 0 Å². The number of nitrogens with one attached hydrogen (secondary N) is 1. The number of hydrogen-bond acceptors (Lipinski definition) is 1. The highest BCUT2D eigenvalue weighted by Crippen LogP contribution is 2.17. The number of aryl methyl sites for hydroxylation is 1. The summed E-state index contributed by atoms with van der Waals surface area (Å²) in [5.41, 5.74) is 3.81. The summed E-state index contributed by atoms with van der Waals surface area (Å²) in [6, 6.07) is 13.5. The lowest BCUT2D eigenvalue weighted by molar-refractivity contribution is 0.787. The van der Waals surface area contributed by atoms with Gasteiger partial charge in [-0.05, 0) is 36.2 Å². The van der Waals surface area contributed by atoms with Crippen molar-refractivity contribution in [2.24, 2.45) is 0 Å². The molecule has 3 rings (SSSR count). The van der Waals surface area contributed by atoms with E-state index in [4.69, 9.17) is 11.6 Å². The lowest BCUT2D eigenvalue weighted by Gasteiger charge is -2.04. The van der Waals surface area contributed by atoms with E-state index < -0.39 is 0 Å². The Morgan fingerprint density at radius 3 is 2.79 bits per heavy atom. The van der Waals surface area contributed by atoms with Gasteiger partial charge in [-0.2, -0.15) is 0 Å². The molecule has 0 aliphatic rings. The van der Waals surface area contributed by atoms with Gasteiger partial charge in [-0.15, -0.1) is 0 Å². The summed E-state index contributed by atoms with van der Waals surface area (Å²) in [6.45, 7) is 2.50. The van der Waals surface area contributed by atoms with Crippen LogP contribution < -0.4 is 5.69 Å². The van der Waals surface area contributed by atoms with Crippen LogP contribution in [-0.4, -0.2) is 9.55 Å². The number of fused-ring (bicyclic) bond motifs is 1. The van der Waals surface area contributed by atoms with E-state index in [0.717, 1.165) is 22.2 Å². The van der Waals surface area contributed by atoms with Gasteiger partial charge in [0.05, 0.1) is 17.6 Å². The minimum Gasteiger partial charge on any atom is -0.305 e. The van der Waals surface area contributed by atoms with Gasteiger partial charge in [-0.3, -0.25) is 4.57 Å². The maximum absolute atomic E-state index is 12.1. The largest absolute Gasteiger partial charge is 0.326 e. The standard InChI is InChI=1S/C15H13ClN2O/c1-10-4-2-7-13-14(10)17-15(19)18(13)9-11-5-3-6-12(16)8-11/h2-8H,9H2,1H3,(H,17,19). The number of hydrogen-bond donors (Lipinski definition) is 1. The third-order valence-electron chi connectivity index (χ3n) is 3.25. The lowest BCUT2D eigenvalue weighted by Crippen LogP contribution is -2.17. The van der Waals surface area contributed by atoms with Gasteiger partial charge in [0.15, 0.2) is 0 Å². The third kappa shape index (κ3) is 2.17. The maximum atomic E-state index is 12.1. The fourth-order valence-corrected chi connectivity index (χ4v) is 2.51. The van der Waals surface area contributed by atoms with Crippen LogP contribution in [0.2, 0.25) is 5.02 Å². The molecule has 0 atom stereocenters. The van der Waals surface area contributed by atoms with Gasteiger partial charge in [0.1, 0.15) is 0 Å². The zero-order valence-electron chi connectivity index (χ0n) is 10.5. The van der Waals surface area contributed by atoms with Crippen molar-refractivity contribution < 1.29 is 0 Å². The molecule has 3 aromatic rings. The smallest absolute Gasteiger partial charge is 0.305 e. The Kier molecular flexibility index (Phi) is 2.91. The van der Waals surface area contributed by atoms with Crippen LogP contribution in [0.5, 0.6) is 0 Å². The van der Waals surface area contributed by atoms with E-state index in [-0.39, 0.29) is 5.69 Å². The normalized spacial score (nSPS) is 11.1. The van der Waals surface area contributed by atoms with Crippen LogP contribution >= 0.6 is 11.6 Å². The zero-order chi connectivity index (χ0) is 13.4. The van der Waals surface area contributed by atoms with E-state index in [2.05, 4.69) is 4.98 Å². The fourth-order valence-electron chi connectivity index (χ4n) is 2.30. The number of H-pyrrole nitrogens is 1. The molecule has 4 heteroatoms. The molecule has 1 N–H and O–H groups in total. The molecule has 0 saturated carbocycles. The Bertz CT molecular complexity index is 801. The summed E-state index contributed by atoms with van der Waals surface area (Å²) in [7, 11) is 0. The average Bonchev–Trinajstić information content (AvgIpc) is 2.69. The van der Waals surface area contributed by atoms with Crippen LogP contribution in [0, 0.1) is 6.92 Å². The van der Waals surface area contributed by atoms with E-state index in [9.17, 15) is 4.79 Å². The van der Waals surface area contributed by atoms with Crippen LogP contribution in [0.1, 0.15) is 11.1 Å². The van der Waals surface area contributed by atoms with Crippen molar-refractivity contribution in [2.45, 2.75) is 13.5 Å². The predicted molar refractivity (Wildman–Crippen MR) is 77.8 cm³/mol. The van der Waals surface area contributed by atoms with E-state index in [1.54, 1.807) is 4.57 Å². The van der Waals surface area contributed by atoms with Gasteiger partial charge in [-0.1, -0.05) is 35.9 Å². The number of aromatic amines is 1. The molecule has 0 spiro atoms. The Labute approximate surface area is 115 Å². The number of benzene rings is 2. The SMILES string of the molecule is Cc1cccc2c1[nH]c(=O)n2Cc1cccc(Cl)c1. The Hall–Kier alpha value is -2.00. The molecule has 0 saturated heterocycles. The first-order valence-electron chi connectivity index (χ1n) is 6.08. The van der Waals surface area contributed by atoms with Crippen LogP contribution in [0.25, 0.3) is 11.0 Å². The molecule has 3 nitrogen and oxygen atoms in total. The minimum absolute atomic E-state index is 0.0933. The molecule has 0 amide bonds. The van der Waals surface area contributed by atoms with Crippen LogP contribution in [-0.2, 0) is 6.54 Å². The highest BCUT2D eigenvalue weighted by molar-refractivity contribution is 6.30. The number of aromatic nitrogens is 2.